The Morgan fingerprint density at radius 3 is 2.35 bits per heavy atom. The van der Waals surface area contributed by atoms with Gasteiger partial charge in [-0.05, 0) is 42.8 Å². The average molecular weight is 383 g/mol. The van der Waals surface area contributed by atoms with E-state index in [2.05, 4.69) is 5.32 Å². The van der Waals surface area contributed by atoms with Gasteiger partial charge in [0.2, 0.25) is 0 Å². The van der Waals surface area contributed by atoms with Gasteiger partial charge in [0.1, 0.15) is 6.79 Å². The van der Waals surface area contributed by atoms with E-state index in [0.29, 0.717) is 10.7 Å². The quantitative estimate of drug-likeness (QED) is 0.618. The standard InChI is InChI=1S/C15H13ClN2O4.CH4O.CH2O/c1-9-7-11(16)4-5-12(9)17-15(19)10-3-6-14(22-2)13(8-10)18(20)21;2*1-2/h3-8H,1-2H3,(H,17,19);2H,1H3;1H2. The second-order valence-corrected chi connectivity index (χ2v) is 4.99. The first-order valence-corrected chi connectivity index (χ1v) is 7.43. The van der Waals surface area contributed by atoms with E-state index in [1.807, 2.05) is 6.79 Å². The molecule has 1 amide bonds. The molecular formula is C17H19ClN2O6. The Kier molecular flexibility index (Phi) is 10.2. The number of carbonyl (C=O) groups is 2. The number of nitrogens with zero attached hydrogens (tertiary/aromatic N) is 1. The second kappa shape index (κ2) is 11.6. The van der Waals surface area contributed by atoms with Gasteiger partial charge in [-0.25, -0.2) is 0 Å². The molecule has 2 rings (SSSR count). The van der Waals surface area contributed by atoms with Gasteiger partial charge < -0.3 is 20.0 Å². The van der Waals surface area contributed by atoms with E-state index in [4.69, 9.17) is 26.2 Å². The van der Waals surface area contributed by atoms with E-state index in [1.54, 1.807) is 25.1 Å². The van der Waals surface area contributed by atoms with Gasteiger partial charge in [-0.15, -0.1) is 0 Å². The summed E-state index contributed by atoms with van der Waals surface area (Å²) in [4.78, 5) is 30.6. The average Bonchev–Trinajstić information content (AvgIpc) is 2.66. The number of aryl methyl sites for hydroxylation is 1. The highest BCUT2D eigenvalue weighted by Gasteiger charge is 2.18. The molecule has 140 valence electrons. The van der Waals surface area contributed by atoms with Gasteiger partial charge >= 0.3 is 5.69 Å². The third-order valence-corrected chi connectivity index (χ3v) is 3.31. The fourth-order valence-corrected chi connectivity index (χ4v) is 2.16. The summed E-state index contributed by atoms with van der Waals surface area (Å²) in [5.41, 5.74) is 1.29. The SMILES string of the molecule is C=O.CO.COc1ccc(C(=O)Nc2ccc(Cl)cc2C)cc1[N+](=O)[O-]. The van der Waals surface area contributed by atoms with Crippen LogP contribution in [-0.4, -0.2) is 36.9 Å². The Labute approximate surface area is 155 Å². The fourth-order valence-electron chi connectivity index (χ4n) is 1.94. The van der Waals surface area contributed by atoms with Crippen LogP contribution in [0.1, 0.15) is 15.9 Å². The summed E-state index contributed by atoms with van der Waals surface area (Å²) < 4.78 is 4.90. The van der Waals surface area contributed by atoms with Crippen molar-refractivity contribution in [2.24, 2.45) is 0 Å². The number of carbonyl (C=O) groups excluding carboxylic acids is 2. The number of anilines is 1. The minimum atomic E-state index is -0.594. The van der Waals surface area contributed by atoms with Crippen LogP contribution in [0.4, 0.5) is 11.4 Å². The van der Waals surface area contributed by atoms with Crippen molar-refractivity contribution in [3.05, 3.63) is 62.7 Å². The van der Waals surface area contributed by atoms with Gasteiger partial charge in [-0.2, -0.15) is 0 Å². The summed E-state index contributed by atoms with van der Waals surface area (Å²) in [5.74, 6) is -0.347. The van der Waals surface area contributed by atoms with E-state index < -0.39 is 10.8 Å². The molecule has 0 heterocycles. The van der Waals surface area contributed by atoms with Crippen LogP contribution < -0.4 is 10.1 Å². The lowest BCUT2D eigenvalue weighted by Gasteiger charge is -2.09. The van der Waals surface area contributed by atoms with Crippen molar-refractivity contribution >= 4 is 35.7 Å². The molecule has 0 atom stereocenters. The van der Waals surface area contributed by atoms with Crippen molar-refractivity contribution < 1.29 is 24.4 Å². The van der Waals surface area contributed by atoms with E-state index >= 15 is 0 Å². The maximum Gasteiger partial charge on any atom is 0.311 e. The highest BCUT2D eigenvalue weighted by atomic mass is 35.5. The largest absolute Gasteiger partial charge is 0.490 e. The lowest BCUT2D eigenvalue weighted by molar-refractivity contribution is -0.385. The Morgan fingerprint density at radius 1 is 1.23 bits per heavy atom. The minimum Gasteiger partial charge on any atom is -0.490 e. The van der Waals surface area contributed by atoms with Crippen LogP contribution in [0.3, 0.4) is 0 Å². The number of hydrogen-bond donors (Lipinski definition) is 2. The number of hydrogen-bond acceptors (Lipinski definition) is 6. The maximum atomic E-state index is 12.2. The van der Waals surface area contributed by atoms with Gasteiger partial charge in [0.05, 0.1) is 12.0 Å². The molecule has 0 aromatic heterocycles. The van der Waals surface area contributed by atoms with Crippen molar-refractivity contribution in [1.82, 2.24) is 0 Å². The van der Waals surface area contributed by atoms with Gasteiger partial charge in [0, 0.05) is 29.4 Å². The van der Waals surface area contributed by atoms with Crippen LogP contribution in [0.2, 0.25) is 5.02 Å². The number of aliphatic hydroxyl groups is 1. The highest BCUT2D eigenvalue weighted by Crippen LogP contribution is 2.28. The van der Waals surface area contributed by atoms with Gasteiger partial charge in [-0.3, -0.25) is 14.9 Å². The fraction of sp³-hybridized carbons (Fsp3) is 0.176. The van der Waals surface area contributed by atoms with Crippen LogP contribution in [0, 0.1) is 17.0 Å². The topological polar surface area (TPSA) is 119 Å². The first kappa shape index (κ1) is 23.0. The zero-order valence-electron chi connectivity index (χ0n) is 14.5. The number of nitro groups is 1. The predicted octanol–water partition coefficient (Wildman–Crippen LogP) is 3.24. The van der Waals surface area contributed by atoms with Crippen molar-refractivity contribution in [2.45, 2.75) is 6.92 Å². The molecule has 0 aliphatic heterocycles. The van der Waals surface area contributed by atoms with Gasteiger partial charge in [-0.1, -0.05) is 11.6 Å². The maximum absolute atomic E-state index is 12.2. The number of methoxy groups -OCH3 is 1. The number of benzene rings is 2. The molecule has 2 aromatic carbocycles. The third kappa shape index (κ3) is 6.15. The molecule has 0 unspecified atom stereocenters. The lowest BCUT2D eigenvalue weighted by atomic mass is 10.1. The zero-order valence-corrected chi connectivity index (χ0v) is 15.2. The molecule has 0 aliphatic rings. The van der Waals surface area contributed by atoms with Gasteiger partial charge in [0.25, 0.3) is 5.91 Å². The summed E-state index contributed by atoms with van der Waals surface area (Å²) in [5, 5.41) is 21.2. The molecule has 0 bridgehead atoms. The molecule has 26 heavy (non-hydrogen) atoms. The molecule has 0 fully saturated rings. The number of rotatable bonds is 4. The normalized spacial score (nSPS) is 8.96. The number of nitro benzene ring substituents is 1. The van der Waals surface area contributed by atoms with Crippen molar-refractivity contribution in [3.63, 3.8) is 0 Å². The molecule has 0 aliphatic carbocycles. The monoisotopic (exact) mass is 382 g/mol. The molecule has 2 aromatic rings. The smallest absolute Gasteiger partial charge is 0.311 e. The van der Waals surface area contributed by atoms with Crippen LogP contribution in [0.5, 0.6) is 5.75 Å². The first-order valence-electron chi connectivity index (χ1n) is 7.06. The highest BCUT2D eigenvalue weighted by molar-refractivity contribution is 6.30. The molecule has 0 radical (unpaired) electrons. The molecule has 8 nitrogen and oxygen atoms in total. The Hall–Kier alpha value is -2.97. The third-order valence-electron chi connectivity index (χ3n) is 3.07. The summed E-state index contributed by atoms with van der Waals surface area (Å²) in [6.45, 7) is 3.80. The number of amides is 1. The van der Waals surface area contributed by atoms with Crippen molar-refractivity contribution in [3.8, 4) is 5.75 Å². The summed E-state index contributed by atoms with van der Waals surface area (Å²) in [6, 6.07) is 9.08. The molecule has 2 N–H and O–H groups in total. The Morgan fingerprint density at radius 2 is 1.85 bits per heavy atom. The molecule has 9 heteroatoms. The van der Waals surface area contributed by atoms with E-state index in [1.165, 1.54) is 25.3 Å². The van der Waals surface area contributed by atoms with E-state index in [-0.39, 0.29) is 17.0 Å². The lowest BCUT2D eigenvalue weighted by Crippen LogP contribution is -2.13. The molecule has 0 spiro atoms. The number of nitrogens with one attached hydrogen (secondary N) is 1. The summed E-state index contributed by atoms with van der Waals surface area (Å²) in [6.07, 6.45) is 0. The first-order chi connectivity index (χ1) is 12.4. The number of halogens is 1. The van der Waals surface area contributed by atoms with Crippen molar-refractivity contribution in [1.29, 1.82) is 0 Å². The van der Waals surface area contributed by atoms with Crippen LogP contribution >= 0.6 is 11.6 Å². The Bertz CT molecular complexity index is 767. The number of aliphatic hydroxyl groups excluding tert-OH is 1. The van der Waals surface area contributed by atoms with E-state index in [9.17, 15) is 14.9 Å². The van der Waals surface area contributed by atoms with Crippen LogP contribution in [0.25, 0.3) is 0 Å². The van der Waals surface area contributed by atoms with Crippen molar-refractivity contribution in [2.75, 3.05) is 19.5 Å². The predicted molar refractivity (Wildman–Crippen MR) is 99.1 cm³/mol. The van der Waals surface area contributed by atoms with Crippen LogP contribution in [-0.2, 0) is 4.79 Å². The van der Waals surface area contributed by atoms with E-state index in [0.717, 1.165) is 12.7 Å². The molecule has 0 saturated heterocycles. The molecular weight excluding hydrogens is 364 g/mol. The van der Waals surface area contributed by atoms with Gasteiger partial charge in [0.15, 0.2) is 5.75 Å². The van der Waals surface area contributed by atoms with Crippen LogP contribution in [0.15, 0.2) is 36.4 Å². The Balaban J connectivity index is 0.00000146. The molecule has 0 saturated carbocycles. The minimum absolute atomic E-state index is 0.101. The number of ether oxygens (including phenoxy) is 1. The summed E-state index contributed by atoms with van der Waals surface area (Å²) in [7, 11) is 2.33. The summed E-state index contributed by atoms with van der Waals surface area (Å²) >= 11 is 5.86. The second-order valence-electron chi connectivity index (χ2n) is 4.56. The zero-order chi connectivity index (χ0) is 20.3.